The molecule has 0 saturated carbocycles. The molecular weight excluding hydrogens is 267 g/mol. The van der Waals surface area contributed by atoms with E-state index in [1.54, 1.807) is 12.3 Å². The van der Waals surface area contributed by atoms with Gasteiger partial charge in [-0.05, 0) is 49.4 Å². The zero-order valence-electron chi connectivity index (χ0n) is 12.1. The van der Waals surface area contributed by atoms with Gasteiger partial charge in [-0.3, -0.25) is 9.97 Å². The summed E-state index contributed by atoms with van der Waals surface area (Å²) < 4.78 is 13.1. The summed E-state index contributed by atoms with van der Waals surface area (Å²) >= 11 is 0. The van der Waals surface area contributed by atoms with Crippen LogP contribution in [0.4, 0.5) is 4.39 Å². The Morgan fingerprint density at radius 3 is 2.90 bits per heavy atom. The van der Waals surface area contributed by atoms with Gasteiger partial charge in [0.05, 0.1) is 11.9 Å². The van der Waals surface area contributed by atoms with E-state index in [0.717, 1.165) is 31.2 Å². The third-order valence-corrected chi connectivity index (χ3v) is 4.48. The number of hydrogen-bond acceptors (Lipinski definition) is 3. The van der Waals surface area contributed by atoms with Crippen LogP contribution in [0.15, 0.2) is 36.7 Å². The number of nitrogens with zero attached hydrogens (tertiary/aromatic N) is 2. The van der Waals surface area contributed by atoms with Gasteiger partial charge in [0.25, 0.3) is 0 Å². The number of aromatic nitrogens is 2. The highest BCUT2D eigenvalue weighted by Gasteiger charge is 2.41. The average Bonchev–Trinajstić information content (AvgIpc) is 2.54. The molecule has 0 aromatic carbocycles. The van der Waals surface area contributed by atoms with Crippen LogP contribution >= 0.6 is 0 Å². The van der Waals surface area contributed by atoms with Crippen LogP contribution in [0.1, 0.15) is 49.1 Å². The van der Waals surface area contributed by atoms with Gasteiger partial charge in [0.15, 0.2) is 0 Å². The summed E-state index contributed by atoms with van der Waals surface area (Å²) in [7, 11) is 0. The summed E-state index contributed by atoms with van der Waals surface area (Å²) in [5.41, 5.74) is 1.58. The molecule has 21 heavy (non-hydrogen) atoms. The van der Waals surface area contributed by atoms with E-state index in [1.165, 1.54) is 11.6 Å². The standard InChI is InChI=1S/C17H19FN2O/c1-2-17(21,15-9-8-13(18)11-20-15)14-7-3-5-12-6-4-10-19-16(12)14/h4,6,8-11,14,21H,2-3,5,7H2,1H3. The van der Waals surface area contributed by atoms with Crippen LogP contribution in [0.5, 0.6) is 0 Å². The predicted octanol–water partition coefficient (Wildman–Crippen LogP) is 3.33. The zero-order chi connectivity index (χ0) is 14.9. The summed E-state index contributed by atoms with van der Waals surface area (Å²) in [6, 6.07) is 6.94. The highest BCUT2D eigenvalue weighted by atomic mass is 19.1. The molecule has 2 atom stereocenters. The average molecular weight is 286 g/mol. The Bertz CT molecular complexity index is 629. The maximum atomic E-state index is 13.1. The number of aliphatic hydroxyl groups is 1. The van der Waals surface area contributed by atoms with Crippen LogP contribution in [0, 0.1) is 5.82 Å². The lowest BCUT2D eigenvalue weighted by atomic mass is 9.73. The number of fused-ring (bicyclic) bond motifs is 1. The molecule has 1 aliphatic carbocycles. The number of halogens is 1. The summed E-state index contributed by atoms with van der Waals surface area (Å²) in [6.07, 6.45) is 6.34. The van der Waals surface area contributed by atoms with Crippen LogP contribution in [0.2, 0.25) is 0 Å². The highest BCUT2D eigenvalue weighted by Crippen LogP contribution is 2.44. The maximum absolute atomic E-state index is 13.1. The minimum atomic E-state index is -1.10. The van der Waals surface area contributed by atoms with E-state index in [9.17, 15) is 9.50 Å². The molecule has 0 radical (unpaired) electrons. The lowest BCUT2D eigenvalue weighted by molar-refractivity contribution is -0.00814. The fraction of sp³-hybridized carbons (Fsp3) is 0.412. The molecule has 0 bridgehead atoms. The largest absolute Gasteiger partial charge is 0.383 e. The molecule has 2 unspecified atom stereocenters. The van der Waals surface area contributed by atoms with Gasteiger partial charge in [0.2, 0.25) is 0 Å². The molecule has 3 rings (SSSR count). The monoisotopic (exact) mass is 286 g/mol. The lowest BCUT2D eigenvalue weighted by Gasteiger charge is -2.37. The van der Waals surface area contributed by atoms with Crippen molar-refractivity contribution < 1.29 is 9.50 Å². The molecule has 4 heteroatoms. The smallest absolute Gasteiger partial charge is 0.141 e. The first-order valence-corrected chi connectivity index (χ1v) is 7.43. The fourth-order valence-corrected chi connectivity index (χ4v) is 3.31. The third-order valence-electron chi connectivity index (χ3n) is 4.48. The van der Waals surface area contributed by atoms with Gasteiger partial charge in [0, 0.05) is 17.8 Å². The van der Waals surface area contributed by atoms with Crippen LogP contribution in [-0.2, 0) is 12.0 Å². The van der Waals surface area contributed by atoms with E-state index in [2.05, 4.69) is 16.0 Å². The second-order valence-corrected chi connectivity index (χ2v) is 5.63. The second kappa shape index (κ2) is 5.53. The number of hydrogen-bond donors (Lipinski definition) is 1. The van der Waals surface area contributed by atoms with Crippen molar-refractivity contribution in [3.05, 3.63) is 59.4 Å². The van der Waals surface area contributed by atoms with Gasteiger partial charge >= 0.3 is 0 Å². The first-order chi connectivity index (χ1) is 10.1. The summed E-state index contributed by atoms with van der Waals surface area (Å²) in [6.45, 7) is 1.93. The molecule has 0 spiro atoms. The van der Waals surface area contributed by atoms with Crippen molar-refractivity contribution >= 4 is 0 Å². The molecule has 110 valence electrons. The first-order valence-electron chi connectivity index (χ1n) is 7.43. The number of pyridine rings is 2. The Hall–Kier alpha value is -1.81. The fourth-order valence-electron chi connectivity index (χ4n) is 3.31. The SMILES string of the molecule is CCC(O)(c1ccc(F)cn1)C1CCCc2cccnc21. The van der Waals surface area contributed by atoms with E-state index in [4.69, 9.17) is 0 Å². The Morgan fingerprint density at radius 1 is 1.33 bits per heavy atom. The molecule has 2 aromatic heterocycles. The van der Waals surface area contributed by atoms with E-state index in [1.807, 2.05) is 13.0 Å². The quantitative estimate of drug-likeness (QED) is 0.941. The van der Waals surface area contributed by atoms with Crippen molar-refractivity contribution in [2.45, 2.75) is 44.1 Å². The summed E-state index contributed by atoms with van der Waals surface area (Å²) in [4.78, 5) is 8.61. The molecule has 0 fully saturated rings. The van der Waals surface area contributed by atoms with Crippen molar-refractivity contribution in [2.75, 3.05) is 0 Å². The molecule has 1 N–H and O–H groups in total. The van der Waals surface area contributed by atoms with Crippen molar-refractivity contribution in [3.63, 3.8) is 0 Å². The van der Waals surface area contributed by atoms with Crippen LogP contribution < -0.4 is 0 Å². The van der Waals surface area contributed by atoms with Gasteiger partial charge in [-0.2, -0.15) is 0 Å². The Labute approximate surface area is 123 Å². The molecular formula is C17H19FN2O. The van der Waals surface area contributed by atoms with Crippen molar-refractivity contribution in [1.29, 1.82) is 0 Å². The van der Waals surface area contributed by atoms with Gasteiger partial charge in [0.1, 0.15) is 11.4 Å². The van der Waals surface area contributed by atoms with Crippen molar-refractivity contribution in [2.24, 2.45) is 0 Å². The molecule has 1 aliphatic rings. The van der Waals surface area contributed by atoms with E-state index in [-0.39, 0.29) is 11.7 Å². The molecule has 0 amide bonds. The minimum Gasteiger partial charge on any atom is -0.383 e. The lowest BCUT2D eigenvalue weighted by Crippen LogP contribution is -2.36. The van der Waals surface area contributed by atoms with Crippen LogP contribution in [0.3, 0.4) is 0 Å². The molecule has 0 saturated heterocycles. The Balaban J connectivity index is 2.06. The predicted molar refractivity (Wildman–Crippen MR) is 78.3 cm³/mol. The third kappa shape index (κ3) is 2.44. The summed E-state index contributed by atoms with van der Waals surface area (Å²) in [5, 5.41) is 11.2. The van der Waals surface area contributed by atoms with Crippen molar-refractivity contribution in [3.8, 4) is 0 Å². The van der Waals surface area contributed by atoms with Gasteiger partial charge in [-0.15, -0.1) is 0 Å². The molecule has 3 nitrogen and oxygen atoms in total. The summed E-state index contributed by atoms with van der Waals surface area (Å²) in [5.74, 6) is -0.482. The number of rotatable bonds is 3. The topological polar surface area (TPSA) is 46.0 Å². The van der Waals surface area contributed by atoms with E-state index >= 15 is 0 Å². The van der Waals surface area contributed by atoms with Crippen molar-refractivity contribution in [1.82, 2.24) is 9.97 Å². The maximum Gasteiger partial charge on any atom is 0.141 e. The number of aryl methyl sites for hydroxylation is 1. The Morgan fingerprint density at radius 2 is 2.19 bits per heavy atom. The molecule has 0 aliphatic heterocycles. The van der Waals surface area contributed by atoms with E-state index in [0.29, 0.717) is 12.1 Å². The minimum absolute atomic E-state index is 0.0922. The van der Waals surface area contributed by atoms with Gasteiger partial charge in [-0.25, -0.2) is 4.39 Å². The first kappa shape index (κ1) is 14.1. The van der Waals surface area contributed by atoms with Crippen LogP contribution in [-0.4, -0.2) is 15.1 Å². The molecule has 2 aromatic rings. The van der Waals surface area contributed by atoms with Gasteiger partial charge in [-0.1, -0.05) is 13.0 Å². The second-order valence-electron chi connectivity index (χ2n) is 5.63. The normalized spacial score (nSPS) is 20.6. The van der Waals surface area contributed by atoms with Gasteiger partial charge < -0.3 is 5.11 Å². The highest BCUT2D eigenvalue weighted by molar-refractivity contribution is 5.31. The zero-order valence-corrected chi connectivity index (χ0v) is 12.1. The van der Waals surface area contributed by atoms with E-state index < -0.39 is 5.60 Å². The Kier molecular flexibility index (Phi) is 3.72. The molecule has 2 heterocycles. The van der Waals surface area contributed by atoms with Crippen LogP contribution in [0.25, 0.3) is 0 Å².